The molecule has 2 aromatic heterocycles. The molecule has 2 aromatic rings. The number of aromatic nitrogens is 6. The SMILES string of the molecule is CCCCn1nnnc1CN1CCC[C@H](c2noc(C3CC3)n2)C1. The van der Waals surface area contributed by atoms with E-state index >= 15 is 0 Å². The number of hydrogen-bond donors (Lipinski definition) is 0. The molecular weight excluding hydrogens is 306 g/mol. The number of rotatable bonds is 7. The minimum Gasteiger partial charge on any atom is -0.339 e. The van der Waals surface area contributed by atoms with E-state index in [-0.39, 0.29) is 0 Å². The van der Waals surface area contributed by atoms with E-state index in [1.54, 1.807) is 0 Å². The molecule has 0 aromatic carbocycles. The summed E-state index contributed by atoms with van der Waals surface area (Å²) in [6.45, 7) is 5.89. The zero-order chi connectivity index (χ0) is 16.4. The van der Waals surface area contributed by atoms with Crippen LogP contribution >= 0.6 is 0 Å². The first-order valence-electron chi connectivity index (χ1n) is 9.14. The van der Waals surface area contributed by atoms with Crippen molar-refractivity contribution in [2.45, 2.75) is 70.4 Å². The molecule has 1 saturated carbocycles. The number of nitrogens with zero attached hydrogens (tertiary/aromatic N) is 7. The highest BCUT2D eigenvalue weighted by Crippen LogP contribution is 2.39. The number of tetrazole rings is 1. The summed E-state index contributed by atoms with van der Waals surface area (Å²) in [4.78, 5) is 7.05. The van der Waals surface area contributed by atoms with Crippen LogP contribution in [-0.2, 0) is 13.1 Å². The minimum atomic E-state index is 0.356. The van der Waals surface area contributed by atoms with Crippen LogP contribution < -0.4 is 0 Å². The van der Waals surface area contributed by atoms with Gasteiger partial charge in [-0.05, 0) is 49.1 Å². The highest BCUT2D eigenvalue weighted by Gasteiger charge is 2.32. The van der Waals surface area contributed by atoms with Crippen LogP contribution in [0.5, 0.6) is 0 Å². The van der Waals surface area contributed by atoms with Gasteiger partial charge in [0.1, 0.15) is 0 Å². The van der Waals surface area contributed by atoms with Gasteiger partial charge in [0.05, 0.1) is 6.54 Å². The molecule has 130 valence electrons. The minimum absolute atomic E-state index is 0.356. The Morgan fingerprint density at radius 3 is 2.96 bits per heavy atom. The molecule has 1 aliphatic carbocycles. The standard InChI is InChI=1S/C16H25N7O/c1-2-3-9-23-14(18-20-21-23)11-22-8-4-5-13(10-22)15-17-16(24-19-15)12-6-7-12/h12-13H,2-11H2,1H3/t13-/m0/s1. The lowest BCUT2D eigenvalue weighted by atomic mass is 9.97. The molecule has 1 saturated heterocycles. The van der Waals surface area contributed by atoms with Gasteiger partial charge in [0.25, 0.3) is 0 Å². The molecule has 0 N–H and O–H groups in total. The van der Waals surface area contributed by atoms with Crippen molar-refractivity contribution in [2.75, 3.05) is 13.1 Å². The van der Waals surface area contributed by atoms with Crippen LogP contribution in [0.3, 0.4) is 0 Å². The first-order valence-corrected chi connectivity index (χ1v) is 9.14. The van der Waals surface area contributed by atoms with Crippen molar-refractivity contribution in [2.24, 2.45) is 0 Å². The van der Waals surface area contributed by atoms with Crippen LogP contribution in [0.25, 0.3) is 0 Å². The molecule has 8 nitrogen and oxygen atoms in total. The van der Waals surface area contributed by atoms with Crippen LogP contribution in [0.1, 0.15) is 74.8 Å². The summed E-state index contributed by atoms with van der Waals surface area (Å²) in [6.07, 6.45) is 6.91. The van der Waals surface area contributed by atoms with Crippen molar-refractivity contribution in [3.8, 4) is 0 Å². The van der Waals surface area contributed by atoms with Crippen molar-refractivity contribution in [3.63, 3.8) is 0 Å². The van der Waals surface area contributed by atoms with Crippen LogP contribution in [0.15, 0.2) is 4.52 Å². The summed E-state index contributed by atoms with van der Waals surface area (Å²) in [5.74, 6) is 3.55. The molecule has 1 aliphatic heterocycles. The van der Waals surface area contributed by atoms with E-state index in [0.717, 1.165) is 69.4 Å². The maximum atomic E-state index is 5.43. The van der Waals surface area contributed by atoms with Crippen LogP contribution in [0, 0.1) is 0 Å². The Bertz CT molecular complexity index is 663. The van der Waals surface area contributed by atoms with Crippen LogP contribution in [-0.4, -0.2) is 48.3 Å². The normalized spacial score (nSPS) is 22.1. The second kappa shape index (κ2) is 6.96. The Labute approximate surface area is 141 Å². The molecule has 4 rings (SSSR count). The van der Waals surface area contributed by atoms with E-state index in [9.17, 15) is 0 Å². The number of aryl methyl sites for hydroxylation is 1. The molecule has 0 bridgehead atoms. The van der Waals surface area contributed by atoms with Crippen LogP contribution in [0.4, 0.5) is 0 Å². The van der Waals surface area contributed by atoms with E-state index in [1.807, 2.05) is 4.68 Å². The van der Waals surface area contributed by atoms with Gasteiger partial charge in [-0.1, -0.05) is 18.5 Å². The second-order valence-corrected chi connectivity index (χ2v) is 7.01. The van der Waals surface area contributed by atoms with Crippen molar-refractivity contribution in [3.05, 3.63) is 17.5 Å². The molecule has 3 heterocycles. The highest BCUT2D eigenvalue weighted by molar-refractivity contribution is 5.05. The molecule has 2 aliphatic rings. The van der Waals surface area contributed by atoms with Gasteiger partial charge in [0.2, 0.25) is 5.89 Å². The van der Waals surface area contributed by atoms with Gasteiger partial charge in [-0.15, -0.1) is 5.10 Å². The summed E-state index contributed by atoms with van der Waals surface area (Å²) in [5, 5.41) is 16.4. The number of likely N-dealkylation sites (tertiary alicyclic amines) is 1. The smallest absolute Gasteiger partial charge is 0.229 e. The summed E-state index contributed by atoms with van der Waals surface area (Å²) in [5.41, 5.74) is 0. The third kappa shape index (κ3) is 3.48. The molecule has 8 heteroatoms. The average Bonchev–Trinajstić information content (AvgIpc) is 3.17. The average molecular weight is 331 g/mol. The fraction of sp³-hybridized carbons (Fsp3) is 0.812. The van der Waals surface area contributed by atoms with E-state index < -0.39 is 0 Å². The van der Waals surface area contributed by atoms with E-state index in [1.165, 1.54) is 12.8 Å². The predicted octanol–water partition coefficient (Wildman–Crippen LogP) is 2.11. The molecule has 0 unspecified atom stereocenters. The van der Waals surface area contributed by atoms with E-state index in [4.69, 9.17) is 4.52 Å². The quantitative estimate of drug-likeness (QED) is 0.768. The lowest BCUT2D eigenvalue weighted by Gasteiger charge is -2.30. The van der Waals surface area contributed by atoms with Gasteiger partial charge >= 0.3 is 0 Å². The first kappa shape index (κ1) is 15.7. The first-order chi connectivity index (χ1) is 11.8. The third-order valence-electron chi connectivity index (χ3n) is 4.95. The van der Waals surface area contributed by atoms with Gasteiger partial charge in [-0.25, -0.2) is 4.68 Å². The summed E-state index contributed by atoms with van der Waals surface area (Å²) >= 11 is 0. The van der Waals surface area contributed by atoms with Gasteiger partial charge in [-0.2, -0.15) is 4.98 Å². The van der Waals surface area contributed by atoms with Gasteiger partial charge in [-0.3, -0.25) is 4.90 Å². The zero-order valence-corrected chi connectivity index (χ0v) is 14.3. The van der Waals surface area contributed by atoms with Gasteiger partial charge in [0.15, 0.2) is 11.6 Å². The second-order valence-electron chi connectivity index (χ2n) is 7.01. The van der Waals surface area contributed by atoms with E-state index in [2.05, 4.69) is 37.5 Å². The van der Waals surface area contributed by atoms with E-state index in [0.29, 0.717) is 11.8 Å². The third-order valence-corrected chi connectivity index (χ3v) is 4.95. The number of hydrogen-bond acceptors (Lipinski definition) is 7. The maximum absolute atomic E-state index is 5.43. The Morgan fingerprint density at radius 2 is 2.12 bits per heavy atom. The number of piperidine rings is 1. The van der Waals surface area contributed by atoms with Crippen molar-refractivity contribution >= 4 is 0 Å². The van der Waals surface area contributed by atoms with Gasteiger partial charge < -0.3 is 4.52 Å². The molecule has 0 radical (unpaired) electrons. The molecule has 24 heavy (non-hydrogen) atoms. The van der Waals surface area contributed by atoms with Gasteiger partial charge in [0, 0.05) is 24.9 Å². The zero-order valence-electron chi connectivity index (χ0n) is 14.3. The number of unbranched alkanes of at least 4 members (excludes halogenated alkanes) is 1. The van der Waals surface area contributed by atoms with Crippen LogP contribution in [0.2, 0.25) is 0 Å². The fourth-order valence-corrected chi connectivity index (χ4v) is 3.34. The lowest BCUT2D eigenvalue weighted by molar-refractivity contribution is 0.187. The van der Waals surface area contributed by atoms with Crippen molar-refractivity contribution in [1.29, 1.82) is 0 Å². The Balaban J connectivity index is 1.38. The molecular formula is C16H25N7O. The molecule has 0 spiro atoms. The monoisotopic (exact) mass is 331 g/mol. The fourth-order valence-electron chi connectivity index (χ4n) is 3.34. The molecule has 0 amide bonds. The summed E-state index contributed by atoms with van der Waals surface area (Å²) in [7, 11) is 0. The lowest BCUT2D eigenvalue weighted by Crippen LogP contribution is -2.35. The maximum Gasteiger partial charge on any atom is 0.229 e. The van der Waals surface area contributed by atoms with Crippen molar-refractivity contribution < 1.29 is 4.52 Å². The summed E-state index contributed by atoms with van der Waals surface area (Å²) < 4.78 is 7.37. The summed E-state index contributed by atoms with van der Waals surface area (Å²) in [6, 6.07) is 0. The topological polar surface area (TPSA) is 85.8 Å². The Kier molecular flexibility index (Phi) is 4.55. The molecule has 2 fully saturated rings. The highest BCUT2D eigenvalue weighted by atomic mass is 16.5. The predicted molar refractivity (Wildman–Crippen MR) is 86.3 cm³/mol. The van der Waals surface area contributed by atoms with Crippen molar-refractivity contribution in [1.82, 2.24) is 35.2 Å². The Hall–Kier alpha value is -1.83. The largest absolute Gasteiger partial charge is 0.339 e. The Morgan fingerprint density at radius 1 is 1.21 bits per heavy atom. The molecule has 1 atom stereocenters.